The van der Waals surface area contributed by atoms with E-state index < -0.39 is 77.3 Å². The van der Waals surface area contributed by atoms with Gasteiger partial charge < -0.3 is 31.7 Å². The molecule has 12 nitrogen and oxygen atoms in total. The summed E-state index contributed by atoms with van der Waals surface area (Å²) in [6.45, 7) is 1.52. The number of aryl methyl sites for hydroxylation is 1. The second kappa shape index (κ2) is 19.6. The SMILES string of the molecule is CC(c1ccc(C(F)(F)F)cc1)C1NC(=O)C(CCc2ccccc2)NC(=O)CCC(=O)Nc2ccc(cc2)CC(C(=O)O)NC(=O)C(Cc2ccccc2)NC1=O. The molecule has 5 amide bonds. The summed E-state index contributed by atoms with van der Waals surface area (Å²) in [5.41, 5.74) is 1.67. The van der Waals surface area contributed by atoms with Gasteiger partial charge in [0.1, 0.15) is 24.2 Å². The highest BCUT2D eigenvalue weighted by Crippen LogP contribution is 2.31. The Hall–Kier alpha value is -6.51. The molecular formula is C43H44F3N5O7. The summed E-state index contributed by atoms with van der Waals surface area (Å²) < 4.78 is 40.4. The van der Waals surface area contributed by atoms with Crippen molar-refractivity contribution in [1.82, 2.24) is 21.3 Å². The number of halogens is 3. The fraction of sp³-hybridized carbons (Fsp3) is 0.302. The Bertz CT molecular complexity index is 2060. The standard InChI is InChI=1S/C43H44F3N5O7/c1-26(30-15-17-31(18-16-30)43(44,45)46)38-41(56)49-34(24-28-10-6-3-7-11-28)40(55)50-35(42(57)58)25-29-12-19-32(20-13-29)47-36(52)22-23-37(53)48-33(39(54)51-38)21-14-27-8-4-2-5-9-27/h2-13,15-20,26,33-35,38H,14,21-25H2,1H3,(H,47,52)(H,48,53)(H,49,56)(H,50,55)(H,51,54)(H,57,58). The Morgan fingerprint density at radius 3 is 1.88 bits per heavy atom. The van der Waals surface area contributed by atoms with Gasteiger partial charge in [-0.05, 0) is 59.4 Å². The van der Waals surface area contributed by atoms with E-state index in [0.717, 1.165) is 17.7 Å². The first-order valence-electron chi connectivity index (χ1n) is 18.7. The van der Waals surface area contributed by atoms with Crippen LogP contribution >= 0.6 is 0 Å². The highest BCUT2D eigenvalue weighted by molar-refractivity contribution is 5.97. The molecule has 0 saturated carbocycles. The Balaban J connectivity index is 1.53. The van der Waals surface area contributed by atoms with Crippen LogP contribution in [-0.2, 0) is 54.2 Å². The van der Waals surface area contributed by atoms with Crippen molar-refractivity contribution in [2.75, 3.05) is 5.32 Å². The lowest BCUT2D eigenvalue weighted by atomic mass is 9.91. The topological polar surface area (TPSA) is 183 Å². The number of hydrogen-bond acceptors (Lipinski definition) is 6. The number of anilines is 1. The van der Waals surface area contributed by atoms with Gasteiger partial charge in [0.25, 0.3) is 0 Å². The predicted octanol–water partition coefficient (Wildman–Crippen LogP) is 4.68. The van der Waals surface area contributed by atoms with Crippen molar-refractivity contribution >= 4 is 41.2 Å². The van der Waals surface area contributed by atoms with Crippen LogP contribution in [0.2, 0.25) is 0 Å². The van der Waals surface area contributed by atoms with Crippen LogP contribution in [0.3, 0.4) is 0 Å². The van der Waals surface area contributed by atoms with Gasteiger partial charge >= 0.3 is 12.1 Å². The van der Waals surface area contributed by atoms with Crippen molar-refractivity contribution < 1.29 is 47.0 Å². The van der Waals surface area contributed by atoms with E-state index in [1.807, 2.05) is 30.3 Å². The number of hydrogen-bond donors (Lipinski definition) is 6. The average Bonchev–Trinajstić information content (AvgIpc) is 3.20. The monoisotopic (exact) mass is 799 g/mol. The molecule has 2 bridgehead atoms. The van der Waals surface area contributed by atoms with E-state index in [9.17, 15) is 47.0 Å². The molecule has 2 aliphatic heterocycles. The minimum atomic E-state index is -4.63. The minimum absolute atomic E-state index is 0.0682. The molecule has 304 valence electrons. The lowest BCUT2D eigenvalue weighted by Crippen LogP contribution is -2.59. The van der Waals surface area contributed by atoms with Crippen molar-refractivity contribution in [3.8, 4) is 0 Å². The predicted molar refractivity (Wildman–Crippen MR) is 208 cm³/mol. The normalized spacial score (nSPS) is 20.7. The number of carboxylic acid groups (broad SMARTS) is 1. The van der Waals surface area contributed by atoms with Crippen LogP contribution in [-0.4, -0.2) is 64.8 Å². The second-order valence-corrected chi connectivity index (χ2v) is 14.1. The zero-order valence-electron chi connectivity index (χ0n) is 31.6. The largest absolute Gasteiger partial charge is 0.480 e. The molecule has 0 spiro atoms. The lowest BCUT2D eigenvalue weighted by molar-refractivity contribution is -0.142. The third-order valence-corrected chi connectivity index (χ3v) is 9.85. The number of alkyl halides is 3. The van der Waals surface area contributed by atoms with E-state index in [1.54, 1.807) is 54.6 Å². The number of amides is 5. The van der Waals surface area contributed by atoms with Gasteiger partial charge in [0.2, 0.25) is 29.5 Å². The van der Waals surface area contributed by atoms with E-state index in [1.165, 1.54) is 19.1 Å². The van der Waals surface area contributed by atoms with E-state index in [0.29, 0.717) is 23.2 Å². The Labute approximate surface area is 333 Å². The van der Waals surface area contributed by atoms with Crippen LogP contribution in [0.5, 0.6) is 0 Å². The minimum Gasteiger partial charge on any atom is -0.480 e. The number of carbonyl (C=O) groups is 6. The molecule has 0 radical (unpaired) electrons. The lowest BCUT2D eigenvalue weighted by Gasteiger charge is -2.29. The van der Waals surface area contributed by atoms with Gasteiger partial charge in [0, 0.05) is 37.3 Å². The van der Waals surface area contributed by atoms with Crippen LogP contribution in [0.1, 0.15) is 59.9 Å². The Morgan fingerprint density at radius 1 is 0.690 bits per heavy atom. The summed E-state index contributed by atoms with van der Waals surface area (Å²) in [5.74, 6) is -6.00. The molecule has 5 atom stereocenters. The number of carbonyl (C=O) groups excluding carboxylic acids is 5. The summed E-state index contributed by atoms with van der Waals surface area (Å²) in [4.78, 5) is 81.0. The second-order valence-electron chi connectivity index (χ2n) is 14.1. The quantitative estimate of drug-likeness (QED) is 0.140. The number of aliphatic carboxylic acids is 1. The summed E-state index contributed by atoms with van der Waals surface area (Å²) in [5, 5.41) is 23.3. The molecule has 0 aromatic heterocycles. The first-order valence-corrected chi connectivity index (χ1v) is 18.7. The third-order valence-electron chi connectivity index (χ3n) is 9.85. The van der Waals surface area contributed by atoms with E-state index in [4.69, 9.17) is 0 Å². The van der Waals surface area contributed by atoms with Crippen molar-refractivity contribution in [1.29, 1.82) is 0 Å². The highest BCUT2D eigenvalue weighted by Gasteiger charge is 2.36. The first-order chi connectivity index (χ1) is 27.7. The molecule has 2 aliphatic rings. The molecule has 15 heteroatoms. The number of nitrogens with one attached hydrogen (secondary N) is 5. The maximum Gasteiger partial charge on any atom is 0.416 e. The van der Waals surface area contributed by atoms with Crippen LogP contribution in [0.25, 0.3) is 0 Å². The molecule has 5 unspecified atom stereocenters. The van der Waals surface area contributed by atoms with Gasteiger partial charge in [0.15, 0.2) is 0 Å². The Morgan fingerprint density at radius 2 is 1.28 bits per heavy atom. The molecule has 2 heterocycles. The van der Waals surface area contributed by atoms with E-state index >= 15 is 0 Å². The number of carboxylic acids is 1. The highest BCUT2D eigenvalue weighted by atomic mass is 19.4. The molecule has 0 fully saturated rings. The van der Waals surface area contributed by atoms with Gasteiger partial charge in [-0.1, -0.05) is 91.9 Å². The molecule has 58 heavy (non-hydrogen) atoms. The average molecular weight is 800 g/mol. The summed E-state index contributed by atoms with van der Waals surface area (Å²) in [6, 6.07) is 22.5. The molecule has 0 saturated heterocycles. The van der Waals surface area contributed by atoms with Crippen LogP contribution < -0.4 is 26.6 Å². The third kappa shape index (κ3) is 12.2. The zero-order valence-corrected chi connectivity index (χ0v) is 31.6. The van der Waals surface area contributed by atoms with Gasteiger partial charge in [-0.15, -0.1) is 0 Å². The summed E-state index contributed by atoms with van der Waals surface area (Å²) >= 11 is 0. The smallest absolute Gasteiger partial charge is 0.416 e. The van der Waals surface area contributed by atoms with Crippen LogP contribution in [0.15, 0.2) is 109 Å². The molecule has 4 aromatic carbocycles. The van der Waals surface area contributed by atoms with E-state index in [2.05, 4.69) is 26.6 Å². The number of rotatable bonds is 8. The van der Waals surface area contributed by atoms with Gasteiger partial charge in [-0.2, -0.15) is 13.2 Å². The number of fused-ring (bicyclic) bond motifs is 18. The molecular weight excluding hydrogens is 755 g/mol. The van der Waals surface area contributed by atoms with Gasteiger partial charge in [-0.25, -0.2) is 4.79 Å². The van der Waals surface area contributed by atoms with Crippen molar-refractivity contribution in [3.63, 3.8) is 0 Å². The van der Waals surface area contributed by atoms with Crippen molar-refractivity contribution in [3.05, 3.63) is 137 Å². The summed E-state index contributed by atoms with van der Waals surface area (Å²) in [7, 11) is 0. The molecule has 0 aliphatic carbocycles. The fourth-order valence-electron chi connectivity index (χ4n) is 6.53. The van der Waals surface area contributed by atoms with Crippen molar-refractivity contribution in [2.24, 2.45) is 0 Å². The van der Waals surface area contributed by atoms with Gasteiger partial charge in [0.05, 0.1) is 5.56 Å². The fourth-order valence-corrected chi connectivity index (χ4v) is 6.53. The molecule has 4 aromatic rings. The molecule has 6 rings (SSSR count). The van der Waals surface area contributed by atoms with Crippen LogP contribution in [0, 0.1) is 0 Å². The van der Waals surface area contributed by atoms with E-state index in [-0.39, 0.29) is 37.7 Å². The number of benzene rings is 4. The van der Waals surface area contributed by atoms with Crippen molar-refractivity contribution in [2.45, 2.75) is 81.7 Å². The maximum absolute atomic E-state index is 14.4. The molecule has 6 N–H and O–H groups in total. The maximum atomic E-state index is 14.4. The van der Waals surface area contributed by atoms with Gasteiger partial charge in [-0.3, -0.25) is 24.0 Å². The summed E-state index contributed by atoms with van der Waals surface area (Å²) in [6.07, 6.45) is -5.03. The Kier molecular flexibility index (Phi) is 14.4. The first kappa shape index (κ1) is 42.6. The van der Waals surface area contributed by atoms with Crippen LogP contribution in [0.4, 0.5) is 18.9 Å². The zero-order chi connectivity index (χ0) is 41.8.